The molecule has 4 rings (SSSR count). The zero-order valence-corrected chi connectivity index (χ0v) is 20.0. The molecule has 0 aliphatic carbocycles. The van der Waals surface area contributed by atoms with Crippen molar-refractivity contribution in [2.75, 3.05) is 31.9 Å². The Labute approximate surface area is 200 Å². The van der Waals surface area contributed by atoms with E-state index in [0.29, 0.717) is 49.9 Å². The van der Waals surface area contributed by atoms with Crippen molar-refractivity contribution in [3.63, 3.8) is 0 Å². The van der Waals surface area contributed by atoms with E-state index < -0.39 is 6.04 Å². The lowest BCUT2D eigenvalue weighted by Crippen LogP contribution is -2.56. The molecular weight excluding hydrogens is 428 g/mol. The van der Waals surface area contributed by atoms with Crippen molar-refractivity contribution in [3.8, 4) is 0 Å². The summed E-state index contributed by atoms with van der Waals surface area (Å²) in [6.45, 7) is 8.98. The molecule has 1 saturated heterocycles. The Morgan fingerprint density at radius 2 is 1.68 bits per heavy atom. The van der Waals surface area contributed by atoms with Crippen LogP contribution >= 0.6 is 0 Å². The topological polar surface area (TPSA) is 104 Å². The number of fused-ring (bicyclic) bond motifs is 1. The van der Waals surface area contributed by atoms with Crippen molar-refractivity contribution >= 4 is 28.5 Å². The average Bonchev–Trinajstić information content (AvgIpc) is 2.82. The number of hydrogen-bond acceptors (Lipinski definition) is 6. The van der Waals surface area contributed by atoms with Gasteiger partial charge in [0.1, 0.15) is 17.7 Å². The van der Waals surface area contributed by atoms with E-state index in [-0.39, 0.29) is 17.7 Å². The SMILES string of the molecule is Cc1ccccc1C(=O)N[C@H](C(=O)N1CCN(Cc2nc(N)c3ccccc3n2)CC1)C(C)C. The number of piperazine rings is 1. The summed E-state index contributed by atoms with van der Waals surface area (Å²) in [5, 5.41) is 3.82. The molecule has 1 fully saturated rings. The third-order valence-corrected chi connectivity index (χ3v) is 6.34. The summed E-state index contributed by atoms with van der Waals surface area (Å²) in [4.78, 5) is 39.3. The standard InChI is InChI=1S/C26H32N6O2/c1-17(2)23(30-25(33)19-9-5-4-8-18(19)3)26(34)32-14-12-31(13-15-32)16-22-28-21-11-7-6-10-20(21)24(27)29-22/h4-11,17,23H,12-16H2,1-3H3,(H,30,33)(H2,27,28,29)/t23-/m0/s1. The van der Waals surface area contributed by atoms with E-state index in [0.717, 1.165) is 16.5 Å². The number of carbonyl (C=O) groups is 2. The first-order valence-electron chi connectivity index (χ1n) is 11.7. The molecule has 1 atom stereocenters. The van der Waals surface area contributed by atoms with Gasteiger partial charge in [-0.05, 0) is 36.6 Å². The monoisotopic (exact) mass is 460 g/mol. The molecule has 0 bridgehead atoms. The van der Waals surface area contributed by atoms with E-state index in [9.17, 15) is 9.59 Å². The van der Waals surface area contributed by atoms with Crippen molar-refractivity contribution in [1.82, 2.24) is 25.1 Å². The second kappa shape index (κ2) is 10.2. The van der Waals surface area contributed by atoms with Gasteiger partial charge in [0.25, 0.3) is 5.91 Å². The normalized spacial score (nSPS) is 15.5. The van der Waals surface area contributed by atoms with Crippen molar-refractivity contribution in [1.29, 1.82) is 0 Å². The number of nitrogens with zero attached hydrogens (tertiary/aromatic N) is 4. The zero-order chi connectivity index (χ0) is 24.2. The van der Waals surface area contributed by atoms with Gasteiger partial charge >= 0.3 is 0 Å². The lowest BCUT2D eigenvalue weighted by Gasteiger charge is -2.37. The van der Waals surface area contributed by atoms with Crippen LogP contribution in [0.25, 0.3) is 10.9 Å². The predicted molar refractivity (Wildman–Crippen MR) is 133 cm³/mol. The molecule has 8 nitrogen and oxygen atoms in total. The summed E-state index contributed by atoms with van der Waals surface area (Å²) in [5.41, 5.74) is 8.44. The van der Waals surface area contributed by atoms with Gasteiger partial charge in [-0.3, -0.25) is 14.5 Å². The maximum atomic E-state index is 13.3. The number of nitrogens with one attached hydrogen (secondary N) is 1. The number of nitrogen functional groups attached to an aromatic ring is 1. The molecule has 0 saturated carbocycles. The maximum Gasteiger partial charge on any atom is 0.252 e. The van der Waals surface area contributed by atoms with Crippen LogP contribution in [0.5, 0.6) is 0 Å². The highest BCUT2D eigenvalue weighted by Gasteiger charge is 2.31. The zero-order valence-electron chi connectivity index (χ0n) is 20.0. The summed E-state index contributed by atoms with van der Waals surface area (Å²) in [6.07, 6.45) is 0. The molecule has 1 aromatic heterocycles. The fraction of sp³-hybridized carbons (Fsp3) is 0.385. The van der Waals surface area contributed by atoms with E-state index >= 15 is 0 Å². The second-order valence-corrected chi connectivity index (χ2v) is 9.15. The van der Waals surface area contributed by atoms with E-state index in [4.69, 9.17) is 5.73 Å². The number of hydrogen-bond donors (Lipinski definition) is 2. The van der Waals surface area contributed by atoms with Gasteiger partial charge in [-0.25, -0.2) is 9.97 Å². The number of aryl methyl sites for hydroxylation is 1. The fourth-order valence-corrected chi connectivity index (χ4v) is 4.31. The van der Waals surface area contributed by atoms with Gasteiger partial charge in [0.2, 0.25) is 5.91 Å². The first kappa shape index (κ1) is 23.6. The number of anilines is 1. The summed E-state index contributed by atoms with van der Waals surface area (Å²) >= 11 is 0. The number of rotatable bonds is 6. The van der Waals surface area contributed by atoms with E-state index in [1.807, 2.05) is 68.1 Å². The Bertz CT molecular complexity index is 1190. The van der Waals surface area contributed by atoms with Crippen LogP contribution < -0.4 is 11.1 Å². The molecule has 2 amide bonds. The average molecular weight is 461 g/mol. The molecule has 0 radical (unpaired) electrons. The molecule has 1 aliphatic heterocycles. The van der Waals surface area contributed by atoms with Gasteiger partial charge in [0, 0.05) is 37.1 Å². The van der Waals surface area contributed by atoms with Crippen LogP contribution in [-0.2, 0) is 11.3 Å². The molecule has 3 N–H and O–H groups in total. The van der Waals surface area contributed by atoms with Crippen LogP contribution in [0.1, 0.15) is 35.6 Å². The molecule has 0 spiro atoms. The molecule has 2 heterocycles. The molecule has 8 heteroatoms. The van der Waals surface area contributed by atoms with Gasteiger partial charge < -0.3 is 16.0 Å². The molecule has 3 aromatic rings. The highest BCUT2D eigenvalue weighted by Crippen LogP contribution is 2.18. The Hall–Kier alpha value is -3.52. The van der Waals surface area contributed by atoms with Crippen LogP contribution in [-0.4, -0.2) is 63.8 Å². The molecule has 178 valence electrons. The van der Waals surface area contributed by atoms with E-state index in [1.165, 1.54) is 0 Å². The number of amides is 2. The Morgan fingerprint density at radius 3 is 2.38 bits per heavy atom. The minimum atomic E-state index is -0.567. The molecule has 1 aliphatic rings. The van der Waals surface area contributed by atoms with Crippen LogP contribution in [0.3, 0.4) is 0 Å². The summed E-state index contributed by atoms with van der Waals surface area (Å²) in [7, 11) is 0. The van der Waals surface area contributed by atoms with Crippen LogP contribution in [0.4, 0.5) is 5.82 Å². The first-order valence-corrected chi connectivity index (χ1v) is 11.7. The molecule has 2 aromatic carbocycles. The summed E-state index contributed by atoms with van der Waals surface area (Å²) in [5.74, 6) is 0.894. The van der Waals surface area contributed by atoms with Crippen molar-refractivity contribution < 1.29 is 9.59 Å². The third kappa shape index (κ3) is 5.17. The minimum absolute atomic E-state index is 0.0209. The van der Waals surface area contributed by atoms with Crippen molar-refractivity contribution in [3.05, 3.63) is 65.5 Å². The van der Waals surface area contributed by atoms with Crippen molar-refractivity contribution in [2.45, 2.75) is 33.4 Å². The Balaban J connectivity index is 1.37. The molecular formula is C26H32N6O2. The highest BCUT2D eigenvalue weighted by molar-refractivity contribution is 5.98. The molecule has 34 heavy (non-hydrogen) atoms. The number of carbonyl (C=O) groups excluding carboxylic acids is 2. The minimum Gasteiger partial charge on any atom is -0.383 e. The lowest BCUT2D eigenvalue weighted by atomic mass is 10.0. The summed E-state index contributed by atoms with van der Waals surface area (Å²) in [6, 6.07) is 14.6. The van der Waals surface area contributed by atoms with Crippen LogP contribution in [0.15, 0.2) is 48.5 Å². The first-order chi connectivity index (χ1) is 16.3. The molecule has 0 unspecified atom stereocenters. The third-order valence-electron chi connectivity index (χ3n) is 6.34. The van der Waals surface area contributed by atoms with Gasteiger partial charge in [0.05, 0.1) is 12.1 Å². The second-order valence-electron chi connectivity index (χ2n) is 9.15. The number of para-hydroxylation sites is 1. The number of nitrogens with two attached hydrogens (primary N) is 1. The smallest absolute Gasteiger partial charge is 0.252 e. The lowest BCUT2D eigenvalue weighted by molar-refractivity contribution is -0.136. The number of benzene rings is 2. The van der Waals surface area contributed by atoms with E-state index in [2.05, 4.69) is 20.2 Å². The fourth-order valence-electron chi connectivity index (χ4n) is 4.31. The van der Waals surface area contributed by atoms with E-state index in [1.54, 1.807) is 6.07 Å². The Kier molecular flexibility index (Phi) is 7.07. The summed E-state index contributed by atoms with van der Waals surface area (Å²) < 4.78 is 0. The van der Waals surface area contributed by atoms with Gasteiger partial charge in [0.15, 0.2) is 0 Å². The quantitative estimate of drug-likeness (QED) is 0.586. The number of aromatic nitrogens is 2. The van der Waals surface area contributed by atoms with Crippen LogP contribution in [0.2, 0.25) is 0 Å². The Morgan fingerprint density at radius 1 is 1.00 bits per heavy atom. The van der Waals surface area contributed by atoms with Crippen molar-refractivity contribution in [2.24, 2.45) is 5.92 Å². The van der Waals surface area contributed by atoms with Gasteiger partial charge in [-0.1, -0.05) is 44.2 Å². The van der Waals surface area contributed by atoms with Gasteiger partial charge in [-0.2, -0.15) is 0 Å². The maximum absolute atomic E-state index is 13.3. The largest absolute Gasteiger partial charge is 0.383 e. The highest BCUT2D eigenvalue weighted by atomic mass is 16.2. The van der Waals surface area contributed by atoms with Gasteiger partial charge in [-0.15, -0.1) is 0 Å². The predicted octanol–water partition coefficient (Wildman–Crippen LogP) is 2.62. The van der Waals surface area contributed by atoms with Crippen LogP contribution in [0, 0.1) is 12.8 Å².